The summed E-state index contributed by atoms with van der Waals surface area (Å²) >= 11 is 6.26. The van der Waals surface area contributed by atoms with E-state index in [9.17, 15) is 18.8 Å². The molecule has 1 aliphatic heterocycles. The quantitative estimate of drug-likeness (QED) is 0.449. The van der Waals surface area contributed by atoms with Crippen LogP contribution >= 0.6 is 11.6 Å². The monoisotopic (exact) mass is 593 g/mol. The van der Waals surface area contributed by atoms with Gasteiger partial charge in [-0.1, -0.05) is 11.6 Å². The zero-order valence-corrected chi connectivity index (χ0v) is 25.3. The highest BCUT2D eigenvalue weighted by Crippen LogP contribution is 2.31. The molecule has 3 amide bonds. The second-order valence-electron chi connectivity index (χ2n) is 11.4. The molecule has 224 valence electrons. The van der Waals surface area contributed by atoms with Crippen molar-refractivity contribution in [2.75, 3.05) is 25.2 Å². The van der Waals surface area contributed by atoms with Crippen molar-refractivity contribution in [1.82, 2.24) is 20.7 Å². The molecule has 0 radical (unpaired) electrons. The minimum atomic E-state index is -0.957. The average molecular weight is 594 g/mol. The maximum atomic E-state index is 14.9. The third kappa shape index (κ3) is 7.98. The van der Waals surface area contributed by atoms with Gasteiger partial charge in [0.1, 0.15) is 23.8 Å². The van der Waals surface area contributed by atoms with Crippen LogP contribution in [-0.4, -0.2) is 71.5 Å². The van der Waals surface area contributed by atoms with Gasteiger partial charge in [0.15, 0.2) is 11.6 Å². The van der Waals surface area contributed by atoms with Gasteiger partial charge in [0.25, 0.3) is 11.8 Å². The molecule has 0 saturated carbocycles. The number of hydrogen-bond acceptors (Lipinski definition) is 8. The Morgan fingerprint density at radius 1 is 1.22 bits per heavy atom. The van der Waals surface area contributed by atoms with Crippen LogP contribution in [0.3, 0.4) is 0 Å². The fourth-order valence-corrected chi connectivity index (χ4v) is 4.20. The number of carbonyl (C=O) groups is 3. The van der Waals surface area contributed by atoms with Crippen LogP contribution < -0.4 is 20.5 Å². The molecule has 3 rings (SSSR count). The number of carbonyl (C=O) groups excluding carboxylic acids is 3. The first kappa shape index (κ1) is 31.9. The fraction of sp³-hybridized carbons (Fsp3) is 0.500. The van der Waals surface area contributed by atoms with Gasteiger partial charge < -0.3 is 19.1 Å². The molecule has 0 spiro atoms. The van der Waals surface area contributed by atoms with Gasteiger partial charge >= 0.3 is 6.09 Å². The predicted molar refractivity (Wildman–Crippen MR) is 152 cm³/mol. The van der Waals surface area contributed by atoms with Crippen molar-refractivity contribution in [2.24, 2.45) is 0 Å². The zero-order chi connectivity index (χ0) is 30.7. The Morgan fingerprint density at radius 2 is 1.88 bits per heavy atom. The second-order valence-corrected chi connectivity index (χ2v) is 11.8. The second kappa shape index (κ2) is 12.5. The van der Waals surface area contributed by atoms with Gasteiger partial charge in [0.05, 0.1) is 23.2 Å². The minimum absolute atomic E-state index is 0.107. The Hall–Kier alpha value is -3.64. The van der Waals surface area contributed by atoms with E-state index in [0.717, 1.165) is 12.1 Å². The number of nitrogens with zero attached hydrogens (tertiary/aromatic N) is 3. The molecule has 1 unspecified atom stereocenters. The third-order valence-electron chi connectivity index (χ3n) is 6.30. The van der Waals surface area contributed by atoms with Gasteiger partial charge in [0, 0.05) is 30.9 Å². The molecule has 1 fully saturated rings. The minimum Gasteiger partial charge on any atom is -0.488 e. The first-order valence-electron chi connectivity index (χ1n) is 13.1. The fourth-order valence-electron chi connectivity index (χ4n) is 3.96. The first-order chi connectivity index (χ1) is 19.0. The molecule has 41 heavy (non-hydrogen) atoms. The van der Waals surface area contributed by atoms with Crippen molar-refractivity contribution in [2.45, 2.75) is 71.9 Å². The summed E-state index contributed by atoms with van der Waals surface area (Å²) in [6.45, 7) is 12.7. The van der Waals surface area contributed by atoms with Crippen LogP contribution in [-0.2, 0) is 9.47 Å². The molecule has 1 saturated heterocycles. The van der Waals surface area contributed by atoms with Crippen LogP contribution in [0, 0.1) is 5.82 Å². The number of aromatic nitrogens is 1. The van der Waals surface area contributed by atoms with Crippen molar-refractivity contribution in [3.05, 3.63) is 52.4 Å². The molecule has 13 heteroatoms. The van der Waals surface area contributed by atoms with Crippen LogP contribution in [0.15, 0.2) is 30.5 Å². The molecule has 2 heterocycles. The standard InChI is InChI=1S/C28H37ClFN5O6/c1-16(2)34(8)23-11-17(9-10-31-23)24(36)32-33-25(37)19-12-21(30)22(13-20(19)29)39-14-18-15-40-28(6,7)35(18)26(38)41-27(3,4)5/h9-13,16,18H,14-15H2,1-8H3,(H,32,36)(H,33,37). The van der Waals surface area contributed by atoms with Crippen LogP contribution in [0.25, 0.3) is 0 Å². The Balaban J connectivity index is 1.65. The molecule has 1 aromatic heterocycles. The molecule has 1 atom stereocenters. The molecular formula is C28H37ClFN5O6. The van der Waals surface area contributed by atoms with Gasteiger partial charge in [-0.2, -0.15) is 0 Å². The molecule has 2 N–H and O–H groups in total. The van der Waals surface area contributed by atoms with Crippen LogP contribution in [0.5, 0.6) is 5.75 Å². The van der Waals surface area contributed by atoms with E-state index in [-0.39, 0.29) is 41.2 Å². The summed E-state index contributed by atoms with van der Waals surface area (Å²) in [4.78, 5) is 45.6. The number of hydrogen-bond donors (Lipinski definition) is 2. The van der Waals surface area contributed by atoms with Crippen LogP contribution in [0.2, 0.25) is 5.02 Å². The summed E-state index contributed by atoms with van der Waals surface area (Å²) in [6, 6.07) is 4.74. The van der Waals surface area contributed by atoms with E-state index >= 15 is 0 Å². The smallest absolute Gasteiger partial charge is 0.413 e. The van der Waals surface area contributed by atoms with Gasteiger partial charge in [0.2, 0.25) is 0 Å². The van der Waals surface area contributed by atoms with Gasteiger partial charge in [-0.05, 0) is 66.7 Å². The summed E-state index contributed by atoms with van der Waals surface area (Å²) in [7, 11) is 1.85. The van der Waals surface area contributed by atoms with E-state index in [4.69, 9.17) is 25.8 Å². The lowest BCUT2D eigenvalue weighted by Gasteiger charge is -2.35. The Kier molecular flexibility index (Phi) is 9.70. The highest BCUT2D eigenvalue weighted by atomic mass is 35.5. The lowest BCUT2D eigenvalue weighted by atomic mass is 10.2. The number of pyridine rings is 1. The van der Waals surface area contributed by atoms with Crippen molar-refractivity contribution < 1.29 is 33.0 Å². The summed E-state index contributed by atoms with van der Waals surface area (Å²) < 4.78 is 31.8. The SMILES string of the molecule is CC(C)N(C)c1cc(C(=O)NNC(=O)c2cc(F)c(OCC3COC(C)(C)N3C(=O)OC(C)(C)C)cc2Cl)ccn1. The van der Waals surface area contributed by atoms with E-state index in [1.807, 2.05) is 25.8 Å². The molecule has 11 nitrogen and oxygen atoms in total. The van der Waals surface area contributed by atoms with E-state index in [1.54, 1.807) is 40.7 Å². The average Bonchev–Trinajstić information content (AvgIpc) is 3.19. The number of anilines is 1. The van der Waals surface area contributed by atoms with Crippen molar-refractivity contribution in [3.8, 4) is 5.75 Å². The van der Waals surface area contributed by atoms with E-state index in [2.05, 4.69) is 15.8 Å². The normalized spacial score (nSPS) is 16.4. The van der Waals surface area contributed by atoms with Crippen molar-refractivity contribution >= 4 is 35.3 Å². The lowest BCUT2D eigenvalue weighted by molar-refractivity contribution is -0.0637. The molecule has 2 aromatic rings. The number of halogens is 2. The molecule has 1 aliphatic rings. The Bertz CT molecular complexity index is 1300. The van der Waals surface area contributed by atoms with Crippen molar-refractivity contribution in [1.29, 1.82) is 0 Å². The van der Waals surface area contributed by atoms with Gasteiger partial charge in [-0.3, -0.25) is 25.3 Å². The highest BCUT2D eigenvalue weighted by molar-refractivity contribution is 6.34. The number of benzene rings is 1. The summed E-state index contributed by atoms with van der Waals surface area (Å²) in [5.74, 6) is -1.91. The van der Waals surface area contributed by atoms with Crippen LogP contribution in [0.1, 0.15) is 69.2 Å². The molecular weight excluding hydrogens is 557 g/mol. The van der Waals surface area contributed by atoms with E-state index in [0.29, 0.717) is 5.82 Å². The summed E-state index contributed by atoms with van der Waals surface area (Å²) in [5.41, 5.74) is 2.91. The number of ether oxygens (including phenoxy) is 3. The van der Waals surface area contributed by atoms with Gasteiger partial charge in [-0.15, -0.1) is 0 Å². The summed E-state index contributed by atoms with van der Waals surface area (Å²) in [6.07, 6.45) is 0.900. The zero-order valence-electron chi connectivity index (χ0n) is 24.5. The van der Waals surface area contributed by atoms with Gasteiger partial charge in [-0.25, -0.2) is 14.2 Å². The number of hydrazine groups is 1. The Labute approximate surface area is 244 Å². The summed E-state index contributed by atoms with van der Waals surface area (Å²) in [5, 5.41) is -0.107. The third-order valence-corrected chi connectivity index (χ3v) is 6.61. The van der Waals surface area contributed by atoms with E-state index in [1.165, 1.54) is 17.2 Å². The Morgan fingerprint density at radius 3 is 2.51 bits per heavy atom. The molecule has 0 aliphatic carbocycles. The largest absolute Gasteiger partial charge is 0.488 e. The highest BCUT2D eigenvalue weighted by Gasteiger charge is 2.46. The molecule has 0 bridgehead atoms. The molecule has 1 aromatic carbocycles. The predicted octanol–water partition coefficient (Wildman–Crippen LogP) is 4.54. The number of rotatable bonds is 7. The maximum Gasteiger partial charge on any atom is 0.413 e. The maximum absolute atomic E-state index is 14.9. The van der Waals surface area contributed by atoms with E-state index < -0.39 is 41.1 Å². The number of nitrogens with one attached hydrogen (secondary N) is 2. The van der Waals surface area contributed by atoms with Crippen molar-refractivity contribution in [3.63, 3.8) is 0 Å². The lowest BCUT2D eigenvalue weighted by Crippen LogP contribution is -2.51. The first-order valence-corrected chi connectivity index (χ1v) is 13.5. The topological polar surface area (TPSA) is 122 Å². The van der Waals surface area contributed by atoms with Crippen LogP contribution in [0.4, 0.5) is 15.0 Å². The number of amides is 3.